The van der Waals surface area contributed by atoms with E-state index in [0.29, 0.717) is 33.7 Å². The molecule has 1 aromatic rings. The van der Waals surface area contributed by atoms with E-state index in [0.717, 1.165) is 16.1 Å². The molecule has 0 spiro atoms. The molecule has 0 saturated heterocycles. The molecule has 1 aromatic carbocycles. The van der Waals surface area contributed by atoms with Crippen molar-refractivity contribution in [3.05, 3.63) is 75.7 Å². The van der Waals surface area contributed by atoms with E-state index in [1.807, 2.05) is 32.1 Å². The van der Waals surface area contributed by atoms with Crippen LogP contribution in [0.2, 0.25) is 5.02 Å². The van der Waals surface area contributed by atoms with E-state index in [1.54, 1.807) is 39.4 Å². The van der Waals surface area contributed by atoms with Gasteiger partial charge in [0.05, 0.1) is 30.0 Å². The number of anilines is 1. The van der Waals surface area contributed by atoms with Crippen molar-refractivity contribution in [2.75, 3.05) is 19.5 Å². The summed E-state index contributed by atoms with van der Waals surface area (Å²) in [7, 11) is 3.11. The van der Waals surface area contributed by atoms with E-state index in [2.05, 4.69) is 18.5 Å². The van der Waals surface area contributed by atoms with Crippen molar-refractivity contribution in [1.29, 1.82) is 0 Å². The zero-order valence-electron chi connectivity index (χ0n) is 17.6. The van der Waals surface area contributed by atoms with Crippen LogP contribution < -0.4 is 14.8 Å². The van der Waals surface area contributed by atoms with E-state index < -0.39 is 0 Å². The Morgan fingerprint density at radius 2 is 1.90 bits per heavy atom. The number of ketones is 1. The number of benzene rings is 1. The predicted molar refractivity (Wildman–Crippen MR) is 126 cm³/mol. The molecule has 0 aliphatic heterocycles. The van der Waals surface area contributed by atoms with Crippen LogP contribution in [0, 0.1) is 0 Å². The van der Waals surface area contributed by atoms with Crippen LogP contribution in [0.5, 0.6) is 11.5 Å². The quantitative estimate of drug-likeness (QED) is 0.384. The third kappa shape index (κ3) is 7.52. The molecule has 1 rings (SSSR count). The average Bonchev–Trinajstić information content (AvgIpc) is 2.66. The number of nitrogens with one attached hydrogen (secondary N) is 1. The summed E-state index contributed by atoms with van der Waals surface area (Å²) in [6.07, 6.45) is 7.89. The number of Topliss-reactive ketones (excluding diaryl/α,β-unsaturated/α-hetero) is 1. The van der Waals surface area contributed by atoms with Crippen LogP contribution >= 0.6 is 23.4 Å². The first-order valence-corrected chi connectivity index (χ1v) is 10.2. The SMILES string of the molecule is C=C/C=C(\C=C/C)C(/C)=C(\CC(C)=O)SC(=C)Nc1cc(Cl)c(OC)cc1OC. The molecule has 0 radical (unpaired) electrons. The third-order valence-corrected chi connectivity index (χ3v) is 5.24. The highest BCUT2D eigenvalue weighted by molar-refractivity contribution is 8.06. The number of hydrogen-bond acceptors (Lipinski definition) is 5. The second kappa shape index (κ2) is 12.2. The Balaban J connectivity index is 3.22. The van der Waals surface area contributed by atoms with Crippen molar-refractivity contribution in [2.24, 2.45) is 0 Å². The van der Waals surface area contributed by atoms with Gasteiger partial charge in [0.2, 0.25) is 0 Å². The van der Waals surface area contributed by atoms with Crippen LogP contribution in [0.4, 0.5) is 5.69 Å². The molecule has 0 amide bonds. The molecule has 0 fully saturated rings. The number of carbonyl (C=O) groups is 1. The monoisotopic (exact) mass is 433 g/mol. The second-order valence-corrected chi connectivity index (χ2v) is 7.72. The largest absolute Gasteiger partial charge is 0.495 e. The minimum absolute atomic E-state index is 0.0724. The normalized spacial score (nSPS) is 12.4. The van der Waals surface area contributed by atoms with Crippen molar-refractivity contribution < 1.29 is 14.3 Å². The molecule has 0 atom stereocenters. The smallest absolute Gasteiger partial charge is 0.146 e. The van der Waals surface area contributed by atoms with Crippen molar-refractivity contribution in [3.8, 4) is 11.5 Å². The summed E-state index contributed by atoms with van der Waals surface area (Å²) in [5.74, 6) is 1.16. The fourth-order valence-electron chi connectivity index (χ4n) is 2.53. The Labute approximate surface area is 183 Å². The van der Waals surface area contributed by atoms with E-state index in [9.17, 15) is 4.79 Å². The van der Waals surface area contributed by atoms with E-state index in [-0.39, 0.29) is 5.78 Å². The number of hydrogen-bond donors (Lipinski definition) is 1. The molecule has 0 aromatic heterocycles. The topological polar surface area (TPSA) is 47.6 Å². The van der Waals surface area contributed by atoms with Gasteiger partial charge in [-0.2, -0.15) is 0 Å². The van der Waals surface area contributed by atoms with Crippen molar-refractivity contribution in [2.45, 2.75) is 27.2 Å². The van der Waals surface area contributed by atoms with Gasteiger partial charge in [-0.1, -0.05) is 60.8 Å². The summed E-state index contributed by atoms with van der Waals surface area (Å²) in [5, 5.41) is 4.31. The maximum absolute atomic E-state index is 11.8. The Morgan fingerprint density at radius 3 is 2.41 bits per heavy atom. The average molecular weight is 434 g/mol. The Bertz CT molecular complexity index is 869. The minimum atomic E-state index is 0.0724. The highest BCUT2D eigenvalue weighted by Gasteiger charge is 2.14. The Kier molecular flexibility index (Phi) is 10.4. The molecule has 0 bridgehead atoms. The van der Waals surface area contributed by atoms with Gasteiger partial charge in [0.15, 0.2) is 0 Å². The van der Waals surface area contributed by atoms with Crippen LogP contribution in [0.1, 0.15) is 27.2 Å². The van der Waals surface area contributed by atoms with Crippen molar-refractivity contribution >= 4 is 34.8 Å². The molecular weight excluding hydrogens is 406 g/mol. The fourth-order valence-corrected chi connectivity index (χ4v) is 3.77. The van der Waals surface area contributed by atoms with Gasteiger partial charge in [0.25, 0.3) is 0 Å². The lowest BCUT2D eigenvalue weighted by molar-refractivity contribution is -0.116. The third-order valence-electron chi connectivity index (χ3n) is 3.90. The van der Waals surface area contributed by atoms with Gasteiger partial charge < -0.3 is 14.8 Å². The minimum Gasteiger partial charge on any atom is -0.495 e. The van der Waals surface area contributed by atoms with Crippen molar-refractivity contribution in [1.82, 2.24) is 0 Å². The molecule has 0 aliphatic rings. The highest BCUT2D eigenvalue weighted by atomic mass is 35.5. The molecule has 0 saturated carbocycles. The molecule has 0 unspecified atom stereocenters. The number of ether oxygens (including phenoxy) is 2. The van der Waals surface area contributed by atoms with E-state index in [1.165, 1.54) is 11.8 Å². The lowest BCUT2D eigenvalue weighted by atomic mass is 10.0. The van der Waals surface area contributed by atoms with Gasteiger partial charge >= 0.3 is 0 Å². The molecule has 29 heavy (non-hydrogen) atoms. The molecule has 6 heteroatoms. The van der Waals surface area contributed by atoms with Gasteiger partial charge in [-0.3, -0.25) is 4.79 Å². The molecule has 0 heterocycles. The standard InChI is InChI=1S/C23H28ClNO3S/c1-8-10-18(11-9-2)16(4)23(12-15(3)26)29-17(5)25-20-13-19(24)21(27-6)14-22(20)28-7/h8-11,13-14,25H,1,5,12H2,2-4,6-7H3/b11-9-,18-10+,23-16+. The van der Waals surface area contributed by atoms with Crippen molar-refractivity contribution in [3.63, 3.8) is 0 Å². The van der Waals surface area contributed by atoms with Crippen LogP contribution in [0.25, 0.3) is 0 Å². The first kappa shape index (κ1) is 24.7. The number of methoxy groups -OCH3 is 2. The number of thioether (sulfide) groups is 1. The summed E-state index contributed by atoms with van der Waals surface area (Å²) < 4.78 is 10.6. The molecule has 4 nitrogen and oxygen atoms in total. The van der Waals surface area contributed by atoms with E-state index >= 15 is 0 Å². The summed E-state index contributed by atoms with van der Waals surface area (Å²) in [4.78, 5) is 12.7. The zero-order valence-corrected chi connectivity index (χ0v) is 19.2. The number of allylic oxidation sites excluding steroid dienone is 7. The van der Waals surface area contributed by atoms with E-state index in [4.69, 9.17) is 21.1 Å². The van der Waals surface area contributed by atoms with Crippen LogP contribution in [-0.4, -0.2) is 20.0 Å². The lowest BCUT2D eigenvalue weighted by Crippen LogP contribution is -2.02. The summed E-state index contributed by atoms with van der Waals surface area (Å²) in [5.41, 5.74) is 2.64. The first-order valence-electron chi connectivity index (χ1n) is 8.97. The second-order valence-electron chi connectivity index (χ2n) is 6.12. The van der Waals surface area contributed by atoms with Gasteiger partial charge in [-0.05, 0) is 38.0 Å². The molecule has 1 N–H and O–H groups in total. The zero-order chi connectivity index (χ0) is 22.0. The Hall–Kier alpha value is -2.37. The fraction of sp³-hybridized carbons (Fsp3) is 0.261. The maximum Gasteiger partial charge on any atom is 0.146 e. The molecule has 156 valence electrons. The summed E-state index contributed by atoms with van der Waals surface area (Å²) in [6, 6.07) is 3.42. The van der Waals surface area contributed by atoms with Crippen LogP contribution in [0.3, 0.4) is 0 Å². The molecular formula is C23H28ClNO3S. The lowest BCUT2D eigenvalue weighted by Gasteiger charge is -2.17. The summed E-state index contributed by atoms with van der Waals surface area (Å²) >= 11 is 7.65. The van der Waals surface area contributed by atoms with Gasteiger partial charge in [0.1, 0.15) is 17.3 Å². The predicted octanol–water partition coefficient (Wildman–Crippen LogP) is 6.92. The summed E-state index contributed by atoms with van der Waals surface area (Å²) in [6.45, 7) is 13.4. The first-order chi connectivity index (χ1) is 13.8. The maximum atomic E-state index is 11.8. The Morgan fingerprint density at radius 1 is 1.24 bits per heavy atom. The number of rotatable bonds is 11. The number of halogens is 1. The van der Waals surface area contributed by atoms with Gasteiger partial charge in [0, 0.05) is 17.4 Å². The van der Waals surface area contributed by atoms with Crippen LogP contribution in [0.15, 0.2) is 70.7 Å². The van der Waals surface area contributed by atoms with Crippen LogP contribution in [-0.2, 0) is 4.79 Å². The van der Waals surface area contributed by atoms with Gasteiger partial charge in [-0.25, -0.2) is 0 Å². The highest BCUT2D eigenvalue weighted by Crippen LogP contribution is 2.39. The number of carbonyl (C=O) groups excluding carboxylic acids is 1. The molecule has 0 aliphatic carbocycles. The van der Waals surface area contributed by atoms with Gasteiger partial charge in [-0.15, -0.1) is 0 Å².